The summed E-state index contributed by atoms with van der Waals surface area (Å²) in [4.78, 5) is 14.8. The fourth-order valence-corrected chi connectivity index (χ4v) is 1.86. The molecule has 1 aromatic heterocycles. The molecule has 0 saturated heterocycles. The van der Waals surface area contributed by atoms with Crippen LogP contribution in [0, 0.1) is 0 Å². The van der Waals surface area contributed by atoms with Gasteiger partial charge < -0.3 is 11.1 Å². The lowest BCUT2D eigenvalue weighted by atomic mass is 10.2. The molecule has 6 heteroatoms. The van der Waals surface area contributed by atoms with Gasteiger partial charge in [0.15, 0.2) is 0 Å². The fraction of sp³-hybridized carbons (Fsp3) is 0.333. The largest absolute Gasteiger partial charge is 0.370 e. The minimum atomic E-state index is -0.347. The van der Waals surface area contributed by atoms with E-state index < -0.39 is 0 Å². The summed E-state index contributed by atoms with van der Waals surface area (Å²) in [6, 6.07) is 1.67. The maximum Gasteiger partial charge on any atom is 0.219 e. The lowest BCUT2D eigenvalue weighted by Crippen LogP contribution is -2.24. The number of nitrogens with zero attached hydrogens (tertiary/aromatic N) is 1. The van der Waals surface area contributed by atoms with Crippen molar-refractivity contribution < 1.29 is 4.79 Å². The third-order valence-electron chi connectivity index (χ3n) is 1.70. The monoisotopic (exact) mass is 291 g/mol. The molecule has 1 heterocycles. The van der Waals surface area contributed by atoms with Crippen LogP contribution in [0.1, 0.15) is 13.3 Å². The van der Waals surface area contributed by atoms with E-state index in [1.165, 1.54) is 6.20 Å². The number of primary amides is 1. The Morgan fingerprint density at radius 2 is 2.47 bits per heavy atom. The molecule has 0 aliphatic heterocycles. The SMILES string of the molecule is CC(CC(N)=O)Nc1ncc(Cl)cc1Br. The topological polar surface area (TPSA) is 68.0 Å². The van der Waals surface area contributed by atoms with E-state index >= 15 is 0 Å². The molecule has 1 unspecified atom stereocenters. The number of nitrogens with one attached hydrogen (secondary N) is 1. The molecule has 1 aromatic rings. The molecule has 0 aromatic carbocycles. The number of pyridine rings is 1. The summed E-state index contributed by atoms with van der Waals surface area (Å²) < 4.78 is 0.756. The van der Waals surface area contributed by atoms with Gasteiger partial charge in [0.2, 0.25) is 5.91 Å². The van der Waals surface area contributed by atoms with Crippen molar-refractivity contribution in [3.63, 3.8) is 0 Å². The first-order chi connectivity index (χ1) is 6.99. The summed E-state index contributed by atoms with van der Waals surface area (Å²) in [7, 11) is 0. The first-order valence-corrected chi connectivity index (χ1v) is 5.52. The quantitative estimate of drug-likeness (QED) is 0.893. The molecule has 3 N–H and O–H groups in total. The van der Waals surface area contributed by atoms with Crippen molar-refractivity contribution in [3.05, 3.63) is 21.8 Å². The number of rotatable bonds is 4. The highest BCUT2D eigenvalue weighted by atomic mass is 79.9. The second-order valence-corrected chi connectivity index (χ2v) is 4.49. The van der Waals surface area contributed by atoms with Crippen molar-refractivity contribution in [1.82, 2.24) is 4.98 Å². The van der Waals surface area contributed by atoms with Gasteiger partial charge in [-0.1, -0.05) is 11.6 Å². The summed E-state index contributed by atoms with van der Waals surface area (Å²) in [5, 5.41) is 3.60. The van der Waals surface area contributed by atoms with E-state index in [0.29, 0.717) is 10.8 Å². The molecule has 1 rings (SSSR count). The molecule has 0 saturated carbocycles. The number of aromatic nitrogens is 1. The normalized spacial score (nSPS) is 12.2. The average molecular weight is 293 g/mol. The van der Waals surface area contributed by atoms with Crippen LogP contribution in [0.2, 0.25) is 5.02 Å². The Morgan fingerprint density at radius 1 is 1.80 bits per heavy atom. The third kappa shape index (κ3) is 4.05. The van der Waals surface area contributed by atoms with Crippen LogP contribution in [-0.4, -0.2) is 16.9 Å². The van der Waals surface area contributed by atoms with Gasteiger partial charge in [-0.05, 0) is 28.9 Å². The molecule has 0 aliphatic rings. The van der Waals surface area contributed by atoms with E-state index in [9.17, 15) is 4.79 Å². The fourth-order valence-electron chi connectivity index (χ4n) is 1.11. The van der Waals surface area contributed by atoms with Crippen molar-refractivity contribution in [3.8, 4) is 0 Å². The van der Waals surface area contributed by atoms with Crippen LogP contribution in [0.15, 0.2) is 16.7 Å². The number of anilines is 1. The lowest BCUT2D eigenvalue weighted by Gasteiger charge is -2.13. The molecule has 82 valence electrons. The number of hydrogen-bond acceptors (Lipinski definition) is 3. The summed E-state index contributed by atoms with van der Waals surface area (Å²) >= 11 is 9.06. The Hall–Kier alpha value is -0.810. The summed E-state index contributed by atoms with van der Waals surface area (Å²) in [5.74, 6) is 0.299. The standard InChI is InChI=1S/C9H11BrClN3O/c1-5(2-8(12)15)14-9-7(10)3-6(11)4-13-9/h3-5H,2H2,1H3,(H2,12,15)(H,13,14). The number of halogens is 2. The Labute approximate surface area is 101 Å². The predicted octanol–water partition coefficient (Wildman–Crippen LogP) is 2.17. The molecular formula is C9H11BrClN3O. The molecule has 0 bridgehead atoms. The van der Waals surface area contributed by atoms with Gasteiger partial charge in [0.25, 0.3) is 0 Å². The zero-order chi connectivity index (χ0) is 11.4. The molecule has 15 heavy (non-hydrogen) atoms. The van der Waals surface area contributed by atoms with Crippen LogP contribution < -0.4 is 11.1 Å². The Kier molecular flexibility index (Phi) is 4.35. The molecule has 0 fully saturated rings. The van der Waals surface area contributed by atoms with E-state index in [2.05, 4.69) is 26.2 Å². The highest BCUT2D eigenvalue weighted by molar-refractivity contribution is 9.10. The summed E-state index contributed by atoms with van der Waals surface area (Å²) in [6.07, 6.45) is 1.79. The Balaban J connectivity index is 2.68. The van der Waals surface area contributed by atoms with Crippen molar-refractivity contribution in [2.24, 2.45) is 5.73 Å². The smallest absolute Gasteiger partial charge is 0.219 e. The number of hydrogen-bond donors (Lipinski definition) is 2. The van der Waals surface area contributed by atoms with Gasteiger partial charge >= 0.3 is 0 Å². The zero-order valence-electron chi connectivity index (χ0n) is 8.13. The molecule has 1 amide bonds. The summed E-state index contributed by atoms with van der Waals surface area (Å²) in [6.45, 7) is 1.85. The van der Waals surface area contributed by atoms with Gasteiger partial charge in [-0.2, -0.15) is 0 Å². The van der Waals surface area contributed by atoms with E-state index in [-0.39, 0.29) is 18.4 Å². The van der Waals surface area contributed by atoms with Crippen LogP contribution in [-0.2, 0) is 4.79 Å². The van der Waals surface area contributed by atoms with Gasteiger partial charge in [-0.15, -0.1) is 0 Å². The second kappa shape index (κ2) is 5.32. The molecule has 0 radical (unpaired) electrons. The molecule has 0 spiro atoms. The first kappa shape index (κ1) is 12.3. The number of carbonyl (C=O) groups is 1. The van der Waals surface area contributed by atoms with E-state index in [1.54, 1.807) is 6.07 Å². The van der Waals surface area contributed by atoms with Crippen molar-refractivity contribution in [2.45, 2.75) is 19.4 Å². The van der Waals surface area contributed by atoms with Crippen LogP contribution in [0.3, 0.4) is 0 Å². The molecule has 4 nitrogen and oxygen atoms in total. The Morgan fingerprint density at radius 3 is 3.00 bits per heavy atom. The second-order valence-electron chi connectivity index (χ2n) is 3.20. The first-order valence-electron chi connectivity index (χ1n) is 4.35. The van der Waals surface area contributed by atoms with Crippen LogP contribution in [0.25, 0.3) is 0 Å². The van der Waals surface area contributed by atoms with Gasteiger partial charge in [0, 0.05) is 18.7 Å². The maximum absolute atomic E-state index is 10.7. The molecule has 1 atom stereocenters. The van der Waals surface area contributed by atoms with Crippen molar-refractivity contribution in [2.75, 3.05) is 5.32 Å². The van der Waals surface area contributed by atoms with E-state index in [0.717, 1.165) is 4.47 Å². The van der Waals surface area contributed by atoms with E-state index in [1.807, 2.05) is 6.92 Å². The zero-order valence-corrected chi connectivity index (χ0v) is 10.5. The minimum Gasteiger partial charge on any atom is -0.370 e. The minimum absolute atomic E-state index is 0.0625. The van der Waals surface area contributed by atoms with Crippen molar-refractivity contribution in [1.29, 1.82) is 0 Å². The molecule has 0 aliphatic carbocycles. The van der Waals surface area contributed by atoms with Crippen molar-refractivity contribution >= 4 is 39.3 Å². The predicted molar refractivity (Wildman–Crippen MR) is 63.8 cm³/mol. The van der Waals surface area contributed by atoms with Crippen LogP contribution in [0.5, 0.6) is 0 Å². The van der Waals surface area contributed by atoms with Crippen LogP contribution in [0.4, 0.5) is 5.82 Å². The highest BCUT2D eigenvalue weighted by Gasteiger charge is 2.08. The van der Waals surface area contributed by atoms with Gasteiger partial charge in [-0.3, -0.25) is 4.79 Å². The maximum atomic E-state index is 10.7. The number of amides is 1. The highest BCUT2D eigenvalue weighted by Crippen LogP contribution is 2.23. The Bertz CT molecular complexity index is 372. The lowest BCUT2D eigenvalue weighted by molar-refractivity contribution is -0.118. The number of carbonyl (C=O) groups excluding carboxylic acids is 1. The van der Waals surface area contributed by atoms with Gasteiger partial charge in [0.05, 0.1) is 9.50 Å². The molecular weight excluding hydrogens is 281 g/mol. The number of nitrogens with two attached hydrogens (primary N) is 1. The average Bonchev–Trinajstić information content (AvgIpc) is 2.08. The third-order valence-corrected chi connectivity index (χ3v) is 2.51. The van der Waals surface area contributed by atoms with Gasteiger partial charge in [-0.25, -0.2) is 4.98 Å². The van der Waals surface area contributed by atoms with E-state index in [4.69, 9.17) is 17.3 Å². The van der Waals surface area contributed by atoms with Gasteiger partial charge in [0.1, 0.15) is 5.82 Å². The van der Waals surface area contributed by atoms with Crippen LogP contribution >= 0.6 is 27.5 Å². The summed E-state index contributed by atoms with van der Waals surface area (Å²) in [5.41, 5.74) is 5.08.